The summed E-state index contributed by atoms with van der Waals surface area (Å²) >= 11 is 1.16. The van der Waals surface area contributed by atoms with Crippen LogP contribution in [0, 0.1) is 5.82 Å². The van der Waals surface area contributed by atoms with Gasteiger partial charge in [-0.3, -0.25) is 14.6 Å². The van der Waals surface area contributed by atoms with Crippen molar-refractivity contribution in [1.82, 2.24) is 0 Å². The minimum absolute atomic E-state index is 0.0197. The summed E-state index contributed by atoms with van der Waals surface area (Å²) in [4.78, 5) is 30.5. The summed E-state index contributed by atoms with van der Waals surface area (Å²) in [7, 11) is 1.57. The maximum atomic E-state index is 14.1. The number of methoxy groups -OCH3 is 1. The molecule has 3 rings (SSSR count). The Bertz CT molecular complexity index is 919. The van der Waals surface area contributed by atoms with Crippen LogP contribution in [0.2, 0.25) is 0 Å². The van der Waals surface area contributed by atoms with Crippen LogP contribution in [0.5, 0.6) is 5.75 Å². The lowest BCUT2D eigenvalue weighted by Gasteiger charge is -2.17. The van der Waals surface area contributed by atoms with Gasteiger partial charge in [0.15, 0.2) is 5.17 Å². The van der Waals surface area contributed by atoms with Gasteiger partial charge in [0.05, 0.1) is 18.5 Å². The molecule has 1 heterocycles. The number of thioether (sulfide) groups is 1. The molecule has 2 aromatic rings. The van der Waals surface area contributed by atoms with Gasteiger partial charge in [-0.15, -0.1) is 0 Å². The predicted molar refractivity (Wildman–Crippen MR) is 109 cm³/mol. The van der Waals surface area contributed by atoms with Crippen molar-refractivity contribution in [2.24, 2.45) is 4.99 Å². The number of anilines is 2. The first-order valence-corrected chi connectivity index (χ1v) is 9.65. The molecule has 0 bridgehead atoms. The standard InChI is InChI=1S/C20H20FN3O3S/c1-3-22-20(23-14-9-5-7-11-16(14)27-2)28-17-12-18(25)24(19(17)26)15-10-6-4-8-13(15)21/h4-11,17H,3,12H2,1-2H3,(H,22,23). The summed E-state index contributed by atoms with van der Waals surface area (Å²) in [6, 6.07) is 13.1. The highest BCUT2D eigenvalue weighted by atomic mass is 32.2. The van der Waals surface area contributed by atoms with Crippen LogP contribution in [0.3, 0.4) is 0 Å². The summed E-state index contributed by atoms with van der Waals surface area (Å²) in [5.74, 6) is -0.857. The fourth-order valence-electron chi connectivity index (χ4n) is 2.83. The van der Waals surface area contributed by atoms with Gasteiger partial charge < -0.3 is 10.1 Å². The largest absolute Gasteiger partial charge is 0.495 e. The molecular formula is C20H20FN3O3S. The van der Waals surface area contributed by atoms with E-state index in [1.54, 1.807) is 19.2 Å². The first-order valence-electron chi connectivity index (χ1n) is 8.77. The van der Waals surface area contributed by atoms with Crippen LogP contribution in [0.4, 0.5) is 15.8 Å². The number of nitrogens with zero attached hydrogens (tertiary/aromatic N) is 2. The van der Waals surface area contributed by atoms with Gasteiger partial charge in [-0.25, -0.2) is 9.29 Å². The third-order valence-corrected chi connectivity index (χ3v) is 5.21. The molecule has 28 heavy (non-hydrogen) atoms. The number of imide groups is 1. The molecular weight excluding hydrogens is 381 g/mol. The molecule has 1 fully saturated rings. The van der Waals surface area contributed by atoms with E-state index in [1.165, 1.54) is 18.2 Å². The SMILES string of the molecule is CCN=C(Nc1ccccc1OC)SC1CC(=O)N(c2ccccc2F)C1=O. The Labute approximate surface area is 166 Å². The number of carbonyl (C=O) groups excluding carboxylic acids is 2. The third kappa shape index (κ3) is 4.17. The monoisotopic (exact) mass is 401 g/mol. The van der Waals surface area contributed by atoms with E-state index in [9.17, 15) is 14.0 Å². The molecule has 0 aliphatic carbocycles. The van der Waals surface area contributed by atoms with E-state index in [4.69, 9.17) is 4.74 Å². The van der Waals surface area contributed by atoms with E-state index in [0.29, 0.717) is 23.1 Å². The van der Waals surface area contributed by atoms with Gasteiger partial charge in [-0.05, 0) is 31.2 Å². The fourth-order valence-corrected chi connectivity index (χ4v) is 3.90. The summed E-state index contributed by atoms with van der Waals surface area (Å²) in [6.45, 7) is 2.37. The molecule has 8 heteroatoms. The molecule has 1 saturated heterocycles. The van der Waals surface area contributed by atoms with Gasteiger partial charge >= 0.3 is 0 Å². The summed E-state index contributed by atoms with van der Waals surface area (Å²) in [5.41, 5.74) is 0.680. The average Bonchev–Trinajstić information content (AvgIpc) is 2.96. The maximum absolute atomic E-state index is 14.1. The molecule has 1 atom stereocenters. The second-order valence-corrected chi connectivity index (χ2v) is 7.13. The van der Waals surface area contributed by atoms with Crippen molar-refractivity contribution in [2.45, 2.75) is 18.6 Å². The number of para-hydroxylation sites is 3. The highest BCUT2D eigenvalue weighted by molar-refractivity contribution is 8.15. The molecule has 1 aliphatic heterocycles. The Morgan fingerprint density at radius 2 is 1.96 bits per heavy atom. The smallest absolute Gasteiger partial charge is 0.247 e. The van der Waals surface area contributed by atoms with Crippen molar-refractivity contribution >= 4 is 40.1 Å². The van der Waals surface area contributed by atoms with Crippen LogP contribution >= 0.6 is 11.8 Å². The molecule has 146 valence electrons. The van der Waals surface area contributed by atoms with Gasteiger partial charge in [0, 0.05) is 13.0 Å². The van der Waals surface area contributed by atoms with Gasteiger partial charge in [0.25, 0.3) is 0 Å². The Balaban J connectivity index is 1.79. The van der Waals surface area contributed by atoms with Crippen LogP contribution in [0.25, 0.3) is 0 Å². The van der Waals surface area contributed by atoms with Gasteiger partial charge in [-0.1, -0.05) is 36.0 Å². The summed E-state index contributed by atoms with van der Waals surface area (Å²) < 4.78 is 19.4. The van der Waals surface area contributed by atoms with E-state index in [2.05, 4.69) is 10.3 Å². The number of ether oxygens (including phenoxy) is 1. The zero-order valence-corrected chi connectivity index (χ0v) is 16.3. The molecule has 1 unspecified atom stereocenters. The first-order chi connectivity index (χ1) is 13.5. The Morgan fingerprint density at radius 3 is 2.68 bits per heavy atom. The van der Waals surface area contributed by atoms with E-state index in [-0.39, 0.29) is 12.1 Å². The second-order valence-electron chi connectivity index (χ2n) is 5.93. The van der Waals surface area contributed by atoms with Gasteiger partial charge in [0.1, 0.15) is 16.8 Å². The number of amidine groups is 1. The molecule has 6 nitrogen and oxygen atoms in total. The second kappa shape index (κ2) is 8.88. The van der Waals surface area contributed by atoms with Crippen molar-refractivity contribution in [1.29, 1.82) is 0 Å². The zero-order chi connectivity index (χ0) is 20.1. The van der Waals surface area contributed by atoms with E-state index >= 15 is 0 Å². The minimum Gasteiger partial charge on any atom is -0.495 e. The highest BCUT2D eigenvalue weighted by Gasteiger charge is 2.41. The van der Waals surface area contributed by atoms with Crippen molar-refractivity contribution in [3.63, 3.8) is 0 Å². The Morgan fingerprint density at radius 1 is 1.25 bits per heavy atom. The quantitative estimate of drug-likeness (QED) is 0.470. The summed E-state index contributed by atoms with van der Waals surface area (Å²) in [5, 5.41) is 2.97. The molecule has 0 radical (unpaired) electrons. The predicted octanol–water partition coefficient (Wildman–Crippen LogP) is 3.69. The molecule has 0 aromatic heterocycles. The van der Waals surface area contributed by atoms with Crippen molar-refractivity contribution in [3.8, 4) is 5.75 Å². The van der Waals surface area contributed by atoms with Crippen LogP contribution in [0.15, 0.2) is 53.5 Å². The van der Waals surface area contributed by atoms with Gasteiger partial charge in [0.2, 0.25) is 11.8 Å². The molecule has 0 saturated carbocycles. The van der Waals surface area contributed by atoms with Crippen molar-refractivity contribution < 1.29 is 18.7 Å². The van der Waals surface area contributed by atoms with Gasteiger partial charge in [-0.2, -0.15) is 0 Å². The number of halogens is 1. The number of benzene rings is 2. The topological polar surface area (TPSA) is 71.0 Å². The molecule has 1 aliphatic rings. The molecule has 2 amide bonds. The normalized spacial score (nSPS) is 17.2. The zero-order valence-electron chi connectivity index (χ0n) is 15.5. The average molecular weight is 401 g/mol. The lowest BCUT2D eigenvalue weighted by atomic mass is 10.3. The Hall–Kier alpha value is -2.87. The van der Waals surface area contributed by atoms with Crippen molar-refractivity contribution in [3.05, 3.63) is 54.3 Å². The van der Waals surface area contributed by atoms with Crippen LogP contribution < -0.4 is 15.0 Å². The maximum Gasteiger partial charge on any atom is 0.247 e. The number of nitrogens with one attached hydrogen (secondary N) is 1. The minimum atomic E-state index is -0.681. The van der Waals surface area contributed by atoms with Crippen LogP contribution in [-0.4, -0.2) is 35.9 Å². The molecule has 2 aromatic carbocycles. The first kappa shape index (κ1) is 19.9. The summed E-state index contributed by atoms with van der Waals surface area (Å²) in [6.07, 6.45) is -0.0197. The fraction of sp³-hybridized carbons (Fsp3) is 0.250. The lowest BCUT2D eigenvalue weighted by Crippen LogP contribution is -2.32. The number of hydrogen-bond donors (Lipinski definition) is 1. The van der Waals surface area contributed by atoms with Crippen molar-refractivity contribution in [2.75, 3.05) is 23.9 Å². The number of carbonyl (C=O) groups is 2. The van der Waals surface area contributed by atoms with E-state index in [1.807, 2.05) is 25.1 Å². The third-order valence-electron chi connectivity index (χ3n) is 4.10. The highest BCUT2D eigenvalue weighted by Crippen LogP contribution is 2.33. The van der Waals surface area contributed by atoms with E-state index < -0.39 is 22.9 Å². The molecule has 1 N–H and O–H groups in total. The van der Waals surface area contributed by atoms with Crippen LogP contribution in [-0.2, 0) is 9.59 Å². The number of aliphatic imine (C=N–C) groups is 1. The number of hydrogen-bond acceptors (Lipinski definition) is 5. The number of amides is 2. The Kier molecular flexibility index (Phi) is 6.30. The lowest BCUT2D eigenvalue weighted by molar-refractivity contribution is -0.121. The van der Waals surface area contributed by atoms with E-state index in [0.717, 1.165) is 16.7 Å². The number of rotatable bonds is 5. The molecule has 0 spiro atoms. The van der Waals surface area contributed by atoms with Crippen LogP contribution in [0.1, 0.15) is 13.3 Å².